The number of hydrogen-bond donors (Lipinski definition) is 0. The molecule has 1 aromatic heterocycles. The van der Waals surface area contributed by atoms with E-state index >= 15 is 0 Å². The van der Waals surface area contributed by atoms with E-state index in [1.165, 1.54) is 24.3 Å². The Balaban J connectivity index is 1.75. The number of rotatable bonds is 4. The first-order chi connectivity index (χ1) is 12.4. The minimum Gasteiger partial charge on any atom is -0.289 e. The normalized spacial score (nSPS) is 11.7. The van der Waals surface area contributed by atoms with Crippen LogP contribution in [0.2, 0.25) is 0 Å². The molecule has 3 rings (SSSR count). The second kappa shape index (κ2) is 7.31. The highest BCUT2D eigenvalue weighted by molar-refractivity contribution is 6.06. The van der Waals surface area contributed by atoms with Crippen LogP contribution in [0.1, 0.15) is 21.5 Å². The minimum atomic E-state index is -4.49. The lowest BCUT2D eigenvalue weighted by molar-refractivity contribution is -0.137. The zero-order valence-electron chi connectivity index (χ0n) is 13.4. The molecule has 0 fully saturated rings. The molecule has 0 unspecified atom stereocenters. The number of carbonyl (C=O) groups is 1. The summed E-state index contributed by atoms with van der Waals surface area (Å²) in [5.74, 6) is 0.0233. The molecule has 6 heteroatoms. The van der Waals surface area contributed by atoms with Crippen LogP contribution in [0.15, 0.2) is 73.1 Å². The Bertz CT molecular complexity index is 933. The van der Waals surface area contributed by atoms with Gasteiger partial charge in [-0.2, -0.15) is 13.2 Å². The van der Waals surface area contributed by atoms with Gasteiger partial charge in [0, 0.05) is 29.1 Å². The van der Waals surface area contributed by atoms with Crippen molar-refractivity contribution in [2.75, 3.05) is 0 Å². The third kappa shape index (κ3) is 4.22. The molecule has 0 saturated heterocycles. The summed E-state index contributed by atoms with van der Waals surface area (Å²) in [5.41, 5.74) is 0.554. The first-order valence-electron chi connectivity index (χ1n) is 7.70. The zero-order valence-corrected chi connectivity index (χ0v) is 13.4. The summed E-state index contributed by atoms with van der Waals surface area (Å²) in [7, 11) is 0. The molecule has 0 atom stereocenters. The third-order valence-corrected chi connectivity index (χ3v) is 3.61. The summed E-state index contributed by atoms with van der Waals surface area (Å²) < 4.78 is 38.1. The van der Waals surface area contributed by atoms with Gasteiger partial charge in [0.2, 0.25) is 0 Å². The molecule has 1 heterocycles. The van der Waals surface area contributed by atoms with Gasteiger partial charge in [0.15, 0.2) is 11.6 Å². The first kappa shape index (κ1) is 17.5. The van der Waals surface area contributed by atoms with Crippen molar-refractivity contribution in [3.05, 3.63) is 89.8 Å². The number of carbonyl (C=O) groups excluding carboxylic acids is 1. The lowest BCUT2D eigenvalue weighted by Gasteiger charge is -2.07. The van der Waals surface area contributed by atoms with Gasteiger partial charge in [-0.1, -0.05) is 42.5 Å². The van der Waals surface area contributed by atoms with Crippen LogP contribution in [-0.2, 0) is 6.18 Å². The van der Waals surface area contributed by atoms with E-state index in [1.807, 2.05) is 30.3 Å². The highest BCUT2D eigenvalue weighted by Crippen LogP contribution is 2.29. The molecule has 130 valence electrons. The maximum atomic E-state index is 12.7. The zero-order chi connectivity index (χ0) is 18.6. The van der Waals surface area contributed by atoms with Crippen LogP contribution in [0.3, 0.4) is 0 Å². The molecule has 0 saturated carbocycles. The summed E-state index contributed by atoms with van der Waals surface area (Å²) in [6.45, 7) is 0. The van der Waals surface area contributed by atoms with E-state index in [1.54, 1.807) is 12.4 Å². The molecule has 0 aliphatic carbocycles. The average Bonchev–Trinajstić information content (AvgIpc) is 2.66. The van der Waals surface area contributed by atoms with Gasteiger partial charge in [0.05, 0.1) is 5.56 Å². The fourth-order valence-corrected chi connectivity index (χ4v) is 2.28. The molecule has 0 aliphatic heterocycles. The molecular weight excluding hydrogens is 341 g/mol. The molecule has 3 aromatic rings. The van der Waals surface area contributed by atoms with Crippen LogP contribution in [0, 0.1) is 0 Å². The van der Waals surface area contributed by atoms with Crippen LogP contribution in [0.4, 0.5) is 13.2 Å². The van der Waals surface area contributed by atoms with E-state index in [4.69, 9.17) is 0 Å². The minimum absolute atomic E-state index is 0.0297. The smallest absolute Gasteiger partial charge is 0.289 e. The number of ketones is 1. The Morgan fingerprint density at radius 2 is 1.62 bits per heavy atom. The van der Waals surface area contributed by atoms with E-state index in [9.17, 15) is 18.0 Å². The Hall–Kier alpha value is -3.28. The first-order valence-corrected chi connectivity index (χ1v) is 7.70. The SMILES string of the molecule is O=C(/C=C/c1cnc(-c2ccccc2)nc1)c1cccc(C(F)(F)F)c1. The third-order valence-electron chi connectivity index (χ3n) is 3.61. The molecule has 3 nitrogen and oxygen atoms in total. The average molecular weight is 354 g/mol. The molecule has 0 radical (unpaired) electrons. The topological polar surface area (TPSA) is 42.9 Å². The largest absolute Gasteiger partial charge is 0.416 e. The van der Waals surface area contributed by atoms with Crippen LogP contribution in [0.5, 0.6) is 0 Å². The maximum Gasteiger partial charge on any atom is 0.416 e. The highest BCUT2D eigenvalue weighted by Gasteiger charge is 2.30. The van der Waals surface area contributed by atoms with Crippen molar-refractivity contribution in [1.29, 1.82) is 0 Å². The van der Waals surface area contributed by atoms with Crippen LogP contribution in [0.25, 0.3) is 17.5 Å². The Labute approximate surface area is 147 Å². The number of hydrogen-bond acceptors (Lipinski definition) is 3. The van der Waals surface area contributed by atoms with E-state index in [-0.39, 0.29) is 5.56 Å². The van der Waals surface area contributed by atoms with Crippen molar-refractivity contribution < 1.29 is 18.0 Å². The number of aromatic nitrogens is 2. The second-order valence-electron chi connectivity index (χ2n) is 5.48. The molecule has 0 N–H and O–H groups in total. The van der Waals surface area contributed by atoms with Gasteiger partial charge >= 0.3 is 6.18 Å². The fraction of sp³-hybridized carbons (Fsp3) is 0.0500. The van der Waals surface area contributed by atoms with Gasteiger partial charge < -0.3 is 0 Å². The predicted molar refractivity (Wildman–Crippen MR) is 92.3 cm³/mol. The van der Waals surface area contributed by atoms with Crippen molar-refractivity contribution in [2.45, 2.75) is 6.18 Å². The summed E-state index contributed by atoms with van der Waals surface area (Å²) in [6, 6.07) is 13.7. The number of halogens is 3. The van der Waals surface area contributed by atoms with Crippen LogP contribution >= 0.6 is 0 Å². The fourth-order valence-electron chi connectivity index (χ4n) is 2.28. The maximum absolute atomic E-state index is 12.7. The Morgan fingerprint density at radius 3 is 2.27 bits per heavy atom. The molecule has 0 aliphatic rings. The summed E-state index contributed by atoms with van der Waals surface area (Å²) in [4.78, 5) is 20.5. The molecule has 2 aromatic carbocycles. The Kier molecular flexibility index (Phi) is 4.93. The summed E-state index contributed by atoms with van der Waals surface area (Å²) in [6.07, 6.45) is 1.28. The van der Waals surface area contributed by atoms with Gasteiger partial charge in [-0.3, -0.25) is 4.79 Å². The summed E-state index contributed by atoms with van der Waals surface area (Å²) >= 11 is 0. The Morgan fingerprint density at radius 1 is 0.923 bits per heavy atom. The van der Waals surface area contributed by atoms with E-state index < -0.39 is 17.5 Å². The lowest BCUT2D eigenvalue weighted by atomic mass is 10.1. The molecule has 0 bridgehead atoms. The number of allylic oxidation sites excluding steroid dienone is 1. The van der Waals surface area contributed by atoms with Gasteiger partial charge in [0.1, 0.15) is 0 Å². The monoisotopic (exact) mass is 354 g/mol. The van der Waals surface area contributed by atoms with Crippen molar-refractivity contribution in [2.24, 2.45) is 0 Å². The summed E-state index contributed by atoms with van der Waals surface area (Å²) in [5, 5.41) is 0. The lowest BCUT2D eigenvalue weighted by Crippen LogP contribution is -2.06. The van der Waals surface area contributed by atoms with Crippen molar-refractivity contribution >= 4 is 11.9 Å². The molecule has 0 spiro atoms. The molecule has 0 amide bonds. The van der Waals surface area contributed by atoms with Crippen LogP contribution in [-0.4, -0.2) is 15.8 Å². The molecule has 26 heavy (non-hydrogen) atoms. The van der Waals surface area contributed by atoms with E-state index in [2.05, 4.69) is 9.97 Å². The number of nitrogens with zero attached hydrogens (tertiary/aromatic N) is 2. The standard InChI is InChI=1S/C20H13F3N2O/c21-20(22,23)17-8-4-7-16(11-17)18(26)10-9-14-12-24-19(25-13-14)15-5-2-1-3-6-15/h1-13H/b10-9+. The van der Waals surface area contributed by atoms with Crippen LogP contribution < -0.4 is 0 Å². The molecular formula is C20H13F3N2O. The van der Waals surface area contributed by atoms with E-state index in [0.29, 0.717) is 11.4 Å². The van der Waals surface area contributed by atoms with Gasteiger partial charge in [-0.05, 0) is 24.3 Å². The van der Waals surface area contributed by atoms with Gasteiger partial charge in [-0.25, -0.2) is 9.97 Å². The quantitative estimate of drug-likeness (QED) is 0.486. The van der Waals surface area contributed by atoms with Crippen molar-refractivity contribution in [1.82, 2.24) is 9.97 Å². The van der Waals surface area contributed by atoms with Crippen molar-refractivity contribution in [3.8, 4) is 11.4 Å². The predicted octanol–water partition coefficient (Wildman–Crippen LogP) is 5.06. The van der Waals surface area contributed by atoms with Gasteiger partial charge in [0.25, 0.3) is 0 Å². The highest BCUT2D eigenvalue weighted by atomic mass is 19.4. The second-order valence-corrected chi connectivity index (χ2v) is 5.48. The van der Waals surface area contributed by atoms with E-state index in [0.717, 1.165) is 17.7 Å². The van der Waals surface area contributed by atoms with Crippen molar-refractivity contribution in [3.63, 3.8) is 0 Å². The number of benzene rings is 2. The van der Waals surface area contributed by atoms with Gasteiger partial charge in [-0.15, -0.1) is 0 Å². The number of alkyl halides is 3.